The lowest BCUT2D eigenvalue weighted by molar-refractivity contribution is 0.210. The first-order valence-corrected chi connectivity index (χ1v) is 6.99. The van der Waals surface area contributed by atoms with Crippen molar-refractivity contribution in [3.8, 4) is 17.2 Å². The van der Waals surface area contributed by atoms with E-state index in [1.54, 1.807) is 19.2 Å². The molecule has 0 aromatic heterocycles. The SMILES string of the molecule is COc1cccc(CN)c1OCCOc1ccc(Cl)cc1. The van der Waals surface area contributed by atoms with Gasteiger partial charge in [0.25, 0.3) is 0 Å². The van der Waals surface area contributed by atoms with Gasteiger partial charge in [0.1, 0.15) is 19.0 Å². The average Bonchev–Trinajstić information content (AvgIpc) is 2.53. The van der Waals surface area contributed by atoms with Crippen molar-refractivity contribution in [1.29, 1.82) is 0 Å². The van der Waals surface area contributed by atoms with Crippen molar-refractivity contribution >= 4 is 11.6 Å². The Kier molecular flexibility index (Phi) is 5.72. The zero-order valence-corrected chi connectivity index (χ0v) is 12.6. The van der Waals surface area contributed by atoms with Gasteiger partial charge in [0.15, 0.2) is 11.5 Å². The topological polar surface area (TPSA) is 53.7 Å². The average molecular weight is 308 g/mol. The lowest BCUT2D eigenvalue weighted by Crippen LogP contribution is -2.11. The second-order valence-corrected chi connectivity index (χ2v) is 4.74. The minimum atomic E-state index is 0.393. The summed E-state index contributed by atoms with van der Waals surface area (Å²) in [7, 11) is 1.60. The predicted molar refractivity (Wildman–Crippen MR) is 83.3 cm³/mol. The molecule has 4 nitrogen and oxygen atoms in total. The molecule has 2 N–H and O–H groups in total. The Morgan fingerprint density at radius 3 is 2.38 bits per heavy atom. The summed E-state index contributed by atoms with van der Waals surface area (Å²) < 4.78 is 16.6. The normalized spacial score (nSPS) is 10.2. The van der Waals surface area contributed by atoms with Crippen molar-refractivity contribution in [3.63, 3.8) is 0 Å². The number of nitrogens with two attached hydrogens (primary N) is 1. The fourth-order valence-corrected chi connectivity index (χ4v) is 2.01. The molecule has 0 spiro atoms. The highest BCUT2D eigenvalue weighted by Crippen LogP contribution is 2.30. The number of ether oxygens (including phenoxy) is 3. The van der Waals surface area contributed by atoms with Crippen molar-refractivity contribution in [2.75, 3.05) is 20.3 Å². The number of methoxy groups -OCH3 is 1. The zero-order chi connectivity index (χ0) is 15.1. The van der Waals surface area contributed by atoms with Crippen LogP contribution < -0.4 is 19.9 Å². The Bertz CT molecular complexity index is 550. The van der Waals surface area contributed by atoms with E-state index in [-0.39, 0.29) is 0 Å². The van der Waals surface area contributed by atoms with Crippen LogP contribution in [0.25, 0.3) is 0 Å². The van der Waals surface area contributed by atoms with E-state index in [0.29, 0.717) is 36.3 Å². The molecular weight excluding hydrogens is 290 g/mol. The van der Waals surface area contributed by atoms with E-state index < -0.39 is 0 Å². The molecule has 5 heteroatoms. The summed E-state index contributed by atoms with van der Waals surface area (Å²) in [6.45, 7) is 1.21. The minimum Gasteiger partial charge on any atom is -0.493 e. The smallest absolute Gasteiger partial charge is 0.165 e. The zero-order valence-electron chi connectivity index (χ0n) is 11.8. The molecular formula is C16H18ClNO3. The largest absolute Gasteiger partial charge is 0.493 e. The van der Waals surface area contributed by atoms with Gasteiger partial charge in [-0.1, -0.05) is 23.7 Å². The molecule has 0 aliphatic carbocycles. The van der Waals surface area contributed by atoms with Gasteiger partial charge in [0.2, 0.25) is 0 Å². The van der Waals surface area contributed by atoms with Gasteiger partial charge in [-0.15, -0.1) is 0 Å². The summed E-state index contributed by atoms with van der Waals surface area (Å²) in [4.78, 5) is 0. The molecule has 0 bridgehead atoms. The molecule has 2 aromatic rings. The standard InChI is InChI=1S/C16H18ClNO3/c1-19-15-4-2-3-12(11-18)16(15)21-10-9-20-14-7-5-13(17)6-8-14/h2-8H,9-11,18H2,1H3. The molecule has 0 heterocycles. The van der Waals surface area contributed by atoms with Crippen molar-refractivity contribution in [2.45, 2.75) is 6.54 Å². The second-order valence-electron chi connectivity index (χ2n) is 4.30. The molecule has 2 aromatic carbocycles. The summed E-state index contributed by atoms with van der Waals surface area (Å²) in [5, 5.41) is 0.681. The maximum Gasteiger partial charge on any atom is 0.165 e. The van der Waals surface area contributed by atoms with Crippen molar-refractivity contribution in [2.24, 2.45) is 5.73 Å². The molecule has 0 aliphatic rings. The number of hydrogen-bond acceptors (Lipinski definition) is 4. The first-order chi connectivity index (χ1) is 10.2. The van der Waals surface area contributed by atoms with Crippen LogP contribution in [-0.4, -0.2) is 20.3 Å². The van der Waals surface area contributed by atoms with E-state index in [1.807, 2.05) is 30.3 Å². The number of para-hydroxylation sites is 1. The molecule has 112 valence electrons. The summed E-state index contributed by atoms with van der Waals surface area (Å²) in [6.07, 6.45) is 0. The van der Waals surface area contributed by atoms with Crippen LogP contribution in [0.15, 0.2) is 42.5 Å². The summed E-state index contributed by atoms with van der Waals surface area (Å²) in [6, 6.07) is 12.8. The van der Waals surface area contributed by atoms with E-state index in [9.17, 15) is 0 Å². The maximum absolute atomic E-state index is 5.81. The van der Waals surface area contributed by atoms with Crippen LogP contribution in [-0.2, 0) is 6.54 Å². The van der Waals surface area contributed by atoms with E-state index in [0.717, 1.165) is 11.3 Å². The summed E-state index contributed by atoms with van der Waals surface area (Å²) >= 11 is 5.81. The molecule has 0 saturated heterocycles. The Labute approximate surface area is 129 Å². The Balaban J connectivity index is 1.90. The van der Waals surface area contributed by atoms with E-state index in [4.69, 9.17) is 31.5 Å². The van der Waals surface area contributed by atoms with Crippen LogP contribution in [0.1, 0.15) is 5.56 Å². The van der Waals surface area contributed by atoms with Crippen LogP contribution >= 0.6 is 11.6 Å². The second kappa shape index (κ2) is 7.76. The van der Waals surface area contributed by atoms with Crippen molar-refractivity contribution in [1.82, 2.24) is 0 Å². The van der Waals surface area contributed by atoms with Gasteiger partial charge in [0, 0.05) is 17.1 Å². The predicted octanol–water partition coefficient (Wildman–Crippen LogP) is 3.27. The molecule has 0 unspecified atom stereocenters. The Hall–Kier alpha value is -1.91. The van der Waals surface area contributed by atoms with Crippen molar-refractivity contribution in [3.05, 3.63) is 53.1 Å². The van der Waals surface area contributed by atoms with E-state index in [1.165, 1.54) is 0 Å². The fraction of sp³-hybridized carbons (Fsp3) is 0.250. The summed E-state index contributed by atoms with van der Waals surface area (Å²) in [5.74, 6) is 2.09. The van der Waals surface area contributed by atoms with E-state index >= 15 is 0 Å². The van der Waals surface area contributed by atoms with Gasteiger partial charge < -0.3 is 19.9 Å². The first kappa shape index (κ1) is 15.5. The third-order valence-corrected chi connectivity index (χ3v) is 3.16. The van der Waals surface area contributed by atoms with Gasteiger partial charge in [-0.25, -0.2) is 0 Å². The maximum atomic E-state index is 5.81. The molecule has 0 aliphatic heterocycles. The molecule has 0 amide bonds. The molecule has 21 heavy (non-hydrogen) atoms. The molecule has 0 fully saturated rings. The van der Waals surface area contributed by atoms with Crippen LogP contribution in [0.3, 0.4) is 0 Å². The van der Waals surface area contributed by atoms with Gasteiger partial charge >= 0.3 is 0 Å². The highest BCUT2D eigenvalue weighted by atomic mass is 35.5. The lowest BCUT2D eigenvalue weighted by atomic mass is 10.2. The Morgan fingerprint density at radius 2 is 1.71 bits per heavy atom. The highest BCUT2D eigenvalue weighted by Gasteiger charge is 2.09. The summed E-state index contributed by atoms with van der Waals surface area (Å²) in [5.41, 5.74) is 6.61. The number of benzene rings is 2. The number of hydrogen-bond donors (Lipinski definition) is 1. The molecule has 0 saturated carbocycles. The van der Waals surface area contributed by atoms with Crippen LogP contribution in [0.5, 0.6) is 17.2 Å². The van der Waals surface area contributed by atoms with Gasteiger partial charge in [-0.05, 0) is 30.3 Å². The minimum absolute atomic E-state index is 0.393. The third-order valence-electron chi connectivity index (χ3n) is 2.91. The monoisotopic (exact) mass is 307 g/mol. The van der Waals surface area contributed by atoms with Gasteiger partial charge in [-0.3, -0.25) is 0 Å². The molecule has 0 radical (unpaired) electrons. The fourth-order valence-electron chi connectivity index (χ4n) is 1.88. The van der Waals surface area contributed by atoms with Gasteiger partial charge in [0.05, 0.1) is 7.11 Å². The van der Waals surface area contributed by atoms with E-state index in [2.05, 4.69) is 0 Å². The first-order valence-electron chi connectivity index (χ1n) is 6.61. The van der Waals surface area contributed by atoms with Crippen LogP contribution in [0, 0.1) is 0 Å². The van der Waals surface area contributed by atoms with Crippen LogP contribution in [0.4, 0.5) is 0 Å². The molecule has 2 rings (SSSR count). The van der Waals surface area contributed by atoms with Crippen molar-refractivity contribution < 1.29 is 14.2 Å². The number of halogens is 1. The highest BCUT2D eigenvalue weighted by molar-refractivity contribution is 6.30. The third kappa shape index (κ3) is 4.28. The Morgan fingerprint density at radius 1 is 1.00 bits per heavy atom. The quantitative estimate of drug-likeness (QED) is 0.798. The number of rotatable bonds is 7. The van der Waals surface area contributed by atoms with Gasteiger partial charge in [-0.2, -0.15) is 0 Å². The van der Waals surface area contributed by atoms with Crippen LogP contribution in [0.2, 0.25) is 5.02 Å². The molecule has 0 atom stereocenters. The lowest BCUT2D eigenvalue weighted by Gasteiger charge is -2.14.